The molecule has 0 atom stereocenters. The molecule has 5 heteroatoms. The van der Waals surface area contributed by atoms with E-state index < -0.39 is 4.92 Å². The van der Waals surface area contributed by atoms with E-state index in [0.717, 1.165) is 31.2 Å². The predicted octanol–water partition coefficient (Wildman–Crippen LogP) is 3.01. The van der Waals surface area contributed by atoms with E-state index in [1.165, 1.54) is 12.1 Å². The van der Waals surface area contributed by atoms with Crippen LogP contribution < -0.4 is 0 Å². The van der Waals surface area contributed by atoms with Crippen molar-refractivity contribution in [2.45, 2.75) is 44.6 Å². The van der Waals surface area contributed by atoms with Crippen LogP contribution in [0.15, 0.2) is 24.3 Å². The summed E-state index contributed by atoms with van der Waals surface area (Å²) < 4.78 is 5.35. The second-order valence-electron chi connectivity index (χ2n) is 4.82. The van der Waals surface area contributed by atoms with Crippen LogP contribution in [0.2, 0.25) is 0 Å². The van der Waals surface area contributed by atoms with Crippen molar-refractivity contribution in [2.75, 3.05) is 0 Å². The van der Waals surface area contributed by atoms with Gasteiger partial charge in [-0.1, -0.05) is 12.1 Å². The minimum absolute atomic E-state index is 0.0669. The first-order chi connectivity index (χ1) is 9.15. The molecule has 1 aromatic rings. The SMILES string of the molecule is O=C(CCc1ccc([N+](=O)[O-])cc1)OC1CCCC1. The van der Waals surface area contributed by atoms with E-state index in [2.05, 4.69) is 0 Å². The number of rotatable bonds is 5. The molecular weight excluding hydrogens is 246 g/mol. The molecule has 5 nitrogen and oxygen atoms in total. The minimum atomic E-state index is -0.432. The van der Waals surface area contributed by atoms with Crippen LogP contribution >= 0.6 is 0 Å². The number of nitro benzene ring substituents is 1. The average Bonchev–Trinajstić information content (AvgIpc) is 2.89. The zero-order valence-electron chi connectivity index (χ0n) is 10.7. The highest BCUT2D eigenvalue weighted by molar-refractivity contribution is 5.70. The number of nitro groups is 1. The van der Waals surface area contributed by atoms with Gasteiger partial charge in [-0.25, -0.2) is 0 Å². The molecule has 0 N–H and O–H groups in total. The lowest BCUT2D eigenvalue weighted by molar-refractivity contribution is -0.384. The lowest BCUT2D eigenvalue weighted by Gasteiger charge is -2.10. The summed E-state index contributed by atoms with van der Waals surface area (Å²) in [6.07, 6.45) is 5.22. The average molecular weight is 263 g/mol. The van der Waals surface area contributed by atoms with Crippen LogP contribution in [0.1, 0.15) is 37.7 Å². The maximum Gasteiger partial charge on any atom is 0.306 e. The third kappa shape index (κ3) is 4.05. The second-order valence-corrected chi connectivity index (χ2v) is 4.82. The number of ether oxygens (including phenoxy) is 1. The Kier molecular flexibility index (Phi) is 4.49. The fourth-order valence-electron chi connectivity index (χ4n) is 2.28. The molecular formula is C14H17NO4. The van der Waals surface area contributed by atoms with Gasteiger partial charge in [0, 0.05) is 18.6 Å². The minimum Gasteiger partial charge on any atom is -0.462 e. The first-order valence-electron chi connectivity index (χ1n) is 6.58. The lowest BCUT2D eigenvalue weighted by atomic mass is 10.1. The molecule has 0 spiro atoms. The quantitative estimate of drug-likeness (QED) is 0.465. The molecule has 1 aliphatic rings. The van der Waals surface area contributed by atoms with Crippen LogP contribution in [0.3, 0.4) is 0 Å². The highest BCUT2D eigenvalue weighted by Crippen LogP contribution is 2.21. The van der Waals surface area contributed by atoms with E-state index in [-0.39, 0.29) is 17.8 Å². The number of aryl methyl sites for hydroxylation is 1. The maximum absolute atomic E-state index is 11.6. The van der Waals surface area contributed by atoms with Crippen molar-refractivity contribution in [3.8, 4) is 0 Å². The van der Waals surface area contributed by atoms with Crippen molar-refractivity contribution in [1.82, 2.24) is 0 Å². The number of non-ortho nitro benzene ring substituents is 1. The molecule has 0 unspecified atom stereocenters. The summed E-state index contributed by atoms with van der Waals surface area (Å²) in [5.74, 6) is -0.176. The van der Waals surface area contributed by atoms with E-state index in [0.29, 0.717) is 12.8 Å². The van der Waals surface area contributed by atoms with Crippen LogP contribution in [0, 0.1) is 10.1 Å². The van der Waals surface area contributed by atoms with Gasteiger partial charge in [-0.05, 0) is 37.7 Å². The summed E-state index contributed by atoms with van der Waals surface area (Å²) in [6.45, 7) is 0. The van der Waals surface area contributed by atoms with Gasteiger partial charge in [-0.15, -0.1) is 0 Å². The topological polar surface area (TPSA) is 69.4 Å². The Bertz CT molecular complexity index is 449. The number of hydrogen-bond donors (Lipinski definition) is 0. The number of esters is 1. The number of benzene rings is 1. The molecule has 1 saturated carbocycles. The second kappa shape index (κ2) is 6.31. The van der Waals surface area contributed by atoms with E-state index in [1.54, 1.807) is 12.1 Å². The molecule has 0 amide bonds. The Hall–Kier alpha value is -1.91. The van der Waals surface area contributed by atoms with Gasteiger partial charge in [0.15, 0.2) is 0 Å². The maximum atomic E-state index is 11.6. The highest BCUT2D eigenvalue weighted by Gasteiger charge is 2.18. The molecule has 19 heavy (non-hydrogen) atoms. The lowest BCUT2D eigenvalue weighted by Crippen LogP contribution is -2.14. The van der Waals surface area contributed by atoms with Gasteiger partial charge in [-0.3, -0.25) is 14.9 Å². The van der Waals surface area contributed by atoms with E-state index in [4.69, 9.17) is 4.74 Å². The largest absolute Gasteiger partial charge is 0.462 e. The summed E-state index contributed by atoms with van der Waals surface area (Å²) in [5, 5.41) is 10.5. The number of carbonyl (C=O) groups excluding carboxylic acids is 1. The molecule has 102 valence electrons. The Balaban J connectivity index is 1.77. The van der Waals surface area contributed by atoms with Crippen molar-refractivity contribution < 1.29 is 14.5 Å². The zero-order valence-corrected chi connectivity index (χ0v) is 10.7. The smallest absolute Gasteiger partial charge is 0.306 e. The summed E-state index contributed by atoms with van der Waals surface area (Å²) in [4.78, 5) is 21.7. The van der Waals surface area contributed by atoms with Gasteiger partial charge in [0.2, 0.25) is 0 Å². The van der Waals surface area contributed by atoms with Crippen molar-refractivity contribution in [2.24, 2.45) is 0 Å². The monoisotopic (exact) mass is 263 g/mol. The Morgan fingerprint density at radius 2 is 1.89 bits per heavy atom. The summed E-state index contributed by atoms with van der Waals surface area (Å²) in [6, 6.07) is 6.28. The van der Waals surface area contributed by atoms with E-state index in [9.17, 15) is 14.9 Å². The van der Waals surface area contributed by atoms with Gasteiger partial charge in [-0.2, -0.15) is 0 Å². The van der Waals surface area contributed by atoms with Crippen molar-refractivity contribution >= 4 is 11.7 Å². The van der Waals surface area contributed by atoms with Gasteiger partial charge in [0.1, 0.15) is 6.10 Å². The Morgan fingerprint density at radius 1 is 1.26 bits per heavy atom. The molecule has 0 aliphatic heterocycles. The molecule has 0 radical (unpaired) electrons. The van der Waals surface area contributed by atoms with E-state index >= 15 is 0 Å². The first-order valence-corrected chi connectivity index (χ1v) is 6.58. The van der Waals surface area contributed by atoms with Crippen LogP contribution in [0.4, 0.5) is 5.69 Å². The van der Waals surface area contributed by atoms with Gasteiger partial charge >= 0.3 is 5.97 Å². The normalized spacial score (nSPS) is 15.4. The molecule has 1 aromatic carbocycles. The molecule has 0 heterocycles. The van der Waals surface area contributed by atoms with Gasteiger partial charge in [0.25, 0.3) is 5.69 Å². The predicted molar refractivity (Wildman–Crippen MR) is 69.8 cm³/mol. The van der Waals surface area contributed by atoms with Crippen LogP contribution in [0.5, 0.6) is 0 Å². The van der Waals surface area contributed by atoms with Crippen molar-refractivity contribution in [1.29, 1.82) is 0 Å². The summed E-state index contributed by atoms with van der Waals surface area (Å²) >= 11 is 0. The summed E-state index contributed by atoms with van der Waals surface area (Å²) in [7, 11) is 0. The molecule has 2 rings (SSSR count). The fourth-order valence-corrected chi connectivity index (χ4v) is 2.28. The first kappa shape index (κ1) is 13.5. The Labute approximate surface area is 111 Å². The van der Waals surface area contributed by atoms with Gasteiger partial charge < -0.3 is 4.74 Å². The van der Waals surface area contributed by atoms with Crippen LogP contribution in [0.25, 0.3) is 0 Å². The number of carbonyl (C=O) groups is 1. The van der Waals surface area contributed by atoms with Crippen LogP contribution in [-0.4, -0.2) is 17.0 Å². The van der Waals surface area contributed by atoms with E-state index in [1.807, 2.05) is 0 Å². The van der Waals surface area contributed by atoms with Crippen molar-refractivity contribution in [3.05, 3.63) is 39.9 Å². The zero-order chi connectivity index (χ0) is 13.7. The molecule has 0 saturated heterocycles. The third-order valence-electron chi connectivity index (χ3n) is 3.37. The fraction of sp³-hybridized carbons (Fsp3) is 0.500. The molecule has 0 aromatic heterocycles. The number of hydrogen-bond acceptors (Lipinski definition) is 4. The van der Waals surface area contributed by atoms with Crippen LogP contribution in [-0.2, 0) is 16.0 Å². The molecule has 1 aliphatic carbocycles. The highest BCUT2D eigenvalue weighted by atomic mass is 16.6. The van der Waals surface area contributed by atoms with Crippen molar-refractivity contribution in [3.63, 3.8) is 0 Å². The standard InChI is InChI=1S/C14H17NO4/c16-14(19-13-3-1-2-4-13)10-7-11-5-8-12(9-6-11)15(17)18/h5-6,8-9,13H,1-4,7,10H2. The number of nitrogens with zero attached hydrogens (tertiary/aromatic N) is 1. The summed E-state index contributed by atoms with van der Waals surface area (Å²) in [5.41, 5.74) is 0.978. The molecule has 1 fully saturated rings. The Morgan fingerprint density at radius 3 is 2.47 bits per heavy atom. The van der Waals surface area contributed by atoms with Gasteiger partial charge in [0.05, 0.1) is 4.92 Å². The third-order valence-corrected chi connectivity index (χ3v) is 3.37. The molecule has 0 bridgehead atoms.